The van der Waals surface area contributed by atoms with Crippen LogP contribution in [0, 0.1) is 11.3 Å². The second-order valence-corrected chi connectivity index (χ2v) is 4.03. The van der Waals surface area contributed by atoms with Gasteiger partial charge in [-0.2, -0.15) is 5.26 Å². The van der Waals surface area contributed by atoms with Gasteiger partial charge >= 0.3 is 0 Å². The minimum Gasteiger partial charge on any atom is -0.389 e. The largest absolute Gasteiger partial charge is 0.389 e. The maximum Gasteiger partial charge on any atom is 0.106 e. The van der Waals surface area contributed by atoms with E-state index in [4.69, 9.17) is 5.26 Å². The minimum absolute atomic E-state index is 0.0648. The second-order valence-electron chi connectivity index (χ2n) is 3.15. The first-order valence-corrected chi connectivity index (χ1v) is 5.78. The summed E-state index contributed by atoms with van der Waals surface area (Å²) in [6.07, 6.45) is -0.133. The van der Waals surface area contributed by atoms with Crippen molar-refractivity contribution in [2.45, 2.75) is 23.5 Å². The minimum atomic E-state index is -1.02. The average Bonchev–Trinajstić information content (AvgIpc) is 2.28. The molecule has 0 radical (unpaired) electrons. The fourth-order valence-corrected chi connectivity index (χ4v) is 1.72. The molecule has 0 heterocycles. The van der Waals surface area contributed by atoms with Gasteiger partial charge in [0.2, 0.25) is 0 Å². The lowest BCUT2D eigenvalue weighted by Crippen LogP contribution is -2.17. The van der Waals surface area contributed by atoms with Crippen LogP contribution in [0.5, 0.6) is 0 Å². The summed E-state index contributed by atoms with van der Waals surface area (Å²) in [4.78, 5) is 1.02. The predicted octanol–water partition coefficient (Wildman–Crippen LogP) is 1.72. The molecule has 0 aliphatic heterocycles. The summed E-state index contributed by atoms with van der Waals surface area (Å²) in [5.41, 5.74) is 0.643. The molecule has 4 heteroatoms. The van der Waals surface area contributed by atoms with Crippen molar-refractivity contribution in [3.8, 4) is 6.07 Å². The van der Waals surface area contributed by atoms with Crippen LogP contribution in [0.15, 0.2) is 29.2 Å². The van der Waals surface area contributed by atoms with Crippen LogP contribution in [0.4, 0.5) is 0 Å². The Kier molecular flexibility index (Phi) is 4.63. The van der Waals surface area contributed by atoms with Crippen molar-refractivity contribution < 1.29 is 10.2 Å². The average molecular weight is 223 g/mol. The first-order valence-electron chi connectivity index (χ1n) is 4.56. The molecule has 1 aromatic rings. The Labute approximate surface area is 93.4 Å². The molecule has 1 rings (SSSR count). The van der Waals surface area contributed by atoms with Crippen LogP contribution in [-0.4, -0.2) is 22.6 Å². The summed E-state index contributed by atoms with van der Waals surface area (Å²) >= 11 is 1.57. The molecule has 3 nitrogen and oxygen atoms in total. The van der Waals surface area contributed by atoms with Gasteiger partial charge in [0.25, 0.3) is 0 Å². The monoisotopic (exact) mass is 223 g/mol. The van der Waals surface area contributed by atoms with Crippen LogP contribution in [0.3, 0.4) is 0 Å². The Morgan fingerprint density at radius 2 is 2.20 bits per heavy atom. The summed E-state index contributed by atoms with van der Waals surface area (Å²) in [5.74, 6) is 0. The number of benzene rings is 1. The van der Waals surface area contributed by atoms with E-state index in [9.17, 15) is 10.2 Å². The first-order chi connectivity index (χ1) is 7.19. The summed E-state index contributed by atoms with van der Waals surface area (Å²) < 4.78 is 0. The molecule has 0 amide bonds. The molecule has 2 N–H and O–H groups in total. The Balaban J connectivity index is 2.81. The molecule has 80 valence electrons. The molecule has 0 saturated heterocycles. The molecule has 0 aliphatic rings. The second kappa shape index (κ2) is 5.76. The van der Waals surface area contributed by atoms with Gasteiger partial charge in [-0.3, -0.25) is 0 Å². The zero-order chi connectivity index (χ0) is 11.3. The summed E-state index contributed by atoms with van der Waals surface area (Å²) in [7, 11) is 0. The molecule has 0 fully saturated rings. The number of rotatable bonds is 4. The van der Waals surface area contributed by atoms with Crippen LogP contribution in [-0.2, 0) is 0 Å². The number of nitriles is 1. The standard InChI is InChI=1S/C11H13NO2S/c1-15-9-4-2-3-8(7-9)11(14)10(13)5-6-12/h2-4,7,10-11,13-14H,5H2,1H3. The Morgan fingerprint density at radius 1 is 1.47 bits per heavy atom. The number of nitrogens with zero attached hydrogens (tertiary/aromatic N) is 1. The zero-order valence-corrected chi connectivity index (χ0v) is 9.24. The predicted molar refractivity (Wildman–Crippen MR) is 59.4 cm³/mol. The Hall–Kier alpha value is -1.02. The third kappa shape index (κ3) is 3.24. The number of hydrogen-bond acceptors (Lipinski definition) is 4. The third-order valence-electron chi connectivity index (χ3n) is 2.10. The smallest absolute Gasteiger partial charge is 0.106 e. The number of aliphatic hydroxyl groups excluding tert-OH is 2. The normalized spacial score (nSPS) is 14.3. The van der Waals surface area contributed by atoms with E-state index in [1.165, 1.54) is 0 Å². The van der Waals surface area contributed by atoms with Crippen LogP contribution in [0.2, 0.25) is 0 Å². The Morgan fingerprint density at radius 3 is 2.80 bits per heavy atom. The van der Waals surface area contributed by atoms with Gasteiger partial charge in [-0.25, -0.2) is 0 Å². The summed E-state index contributed by atoms with van der Waals surface area (Å²) in [6.45, 7) is 0. The van der Waals surface area contributed by atoms with Crippen LogP contribution in [0.25, 0.3) is 0 Å². The maximum absolute atomic E-state index is 9.73. The highest BCUT2D eigenvalue weighted by Gasteiger charge is 2.17. The van der Waals surface area contributed by atoms with Gasteiger partial charge < -0.3 is 10.2 Å². The molecule has 1 aromatic carbocycles. The number of aliphatic hydroxyl groups is 2. The molecule has 0 aliphatic carbocycles. The molecular weight excluding hydrogens is 210 g/mol. The van der Waals surface area contributed by atoms with Gasteiger partial charge in [-0.15, -0.1) is 11.8 Å². The van der Waals surface area contributed by atoms with Crippen molar-refractivity contribution in [3.05, 3.63) is 29.8 Å². The van der Waals surface area contributed by atoms with Crippen molar-refractivity contribution in [3.63, 3.8) is 0 Å². The lowest BCUT2D eigenvalue weighted by molar-refractivity contribution is 0.0215. The van der Waals surface area contributed by atoms with E-state index in [1.54, 1.807) is 17.8 Å². The Bertz CT molecular complexity index is 362. The fraction of sp³-hybridized carbons (Fsp3) is 0.364. The van der Waals surface area contributed by atoms with E-state index in [0.29, 0.717) is 5.56 Å². The van der Waals surface area contributed by atoms with Gasteiger partial charge in [0, 0.05) is 4.90 Å². The topological polar surface area (TPSA) is 64.2 Å². The van der Waals surface area contributed by atoms with Gasteiger partial charge in [-0.05, 0) is 24.0 Å². The fourth-order valence-electron chi connectivity index (χ4n) is 1.25. The highest BCUT2D eigenvalue weighted by atomic mass is 32.2. The molecule has 0 saturated carbocycles. The van der Waals surface area contributed by atoms with E-state index in [-0.39, 0.29) is 6.42 Å². The summed E-state index contributed by atoms with van der Waals surface area (Å²) in [6, 6.07) is 9.14. The molecule has 15 heavy (non-hydrogen) atoms. The van der Waals surface area contributed by atoms with Crippen molar-refractivity contribution in [2.75, 3.05) is 6.26 Å². The van der Waals surface area contributed by atoms with Crippen LogP contribution < -0.4 is 0 Å². The summed E-state index contributed by atoms with van der Waals surface area (Å²) in [5, 5.41) is 27.6. The molecule has 0 aromatic heterocycles. The molecule has 0 spiro atoms. The van der Waals surface area contributed by atoms with Crippen molar-refractivity contribution in [1.82, 2.24) is 0 Å². The van der Waals surface area contributed by atoms with E-state index in [2.05, 4.69) is 0 Å². The van der Waals surface area contributed by atoms with Crippen molar-refractivity contribution >= 4 is 11.8 Å². The van der Waals surface area contributed by atoms with Gasteiger partial charge in [0.05, 0.1) is 18.6 Å². The SMILES string of the molecule is CSc1cccc(C(O)C(O)CC#N)c1. The highest BCUT2D eigenvalue weighted by molar-refractivity contribution is 7.98. The van der Waals surface area contributed by atoms with Gasteiger partial charge in [0.15, 0.2) is 0 Å². The highest BCUT2D eigenvalue weighted by Crippen LogP contribution is 2.23. The number of thioether (sulfide) groups is 1. The molecule has 0 bridgehead atoms. The van der Waals surface area contributed by atoms with E-state index in [1.807, 2.05) is 30.5 Å². The van der Waals surface area contributed by atoms with Crippen molar-refractivity contribution in [1.29, 1.82) is 5.26 Å². The van der Waals surface area contributed by atoms with E-state index < -0.39 is 12.2 Å². The van der Waals surface area contributed by atoms with Gasteiger partial charge in [-0.1, -0.05) is 12.1 Å². The van der Waals surface area contributed by atoms with Crippen LogP contribution >= 0.6 is 11.8 Å². The third-order valence-corrected chi connectivity index (χ3v) is 2.83. The lowest BCUT2D eigenvalue weighted by Gasteiger charge is -2.15. The lowest BCUT2D eigenvalue weighted by atomic mass is 10.0. The maximum atomic E-state index is 9.73. The van der Waals surface area contributed by atoms with E-state index in [0.717, 1.165) is 4.90 Å². The number of hydrogen-bond donors (Lipinski definition) is 2. The van der Waals surface area contributed by atoms with E-state index >= 15 is 0 Å². The van der Waals surface area contributed by atoms with Gasteiger partial charge in [0.1, 0.15) is 6.10 Å². The first kappa shape index (κ1) is 12.1. The van der Waals surface area contributed by atoms with Crippen molar-refractivity contribution in [2.24, 2.45) is 0 Å². The molecule has 2 atom stereocenters. The molecular formula is C11H13NO2S. The zero-order valence-electron chi connectivity index (χ0n) is 8.42. The molecule has 2 unspecified atom stereocenters. The van der Waals surface area contributed by atoms with Crippen LogP contribution in [0.1, 0.15) is 18.1 Å². The quantitative estimate of drug-likeness (QED) is 0.763.